The summed E-state index contributed by atoms with van der Waals surface area (Å²) in [6.45, 7) is 11.0. The molecular weight excluding hydrogens is 283 g/mol. The second kappa shape index (κ2) is 5.38. The van der Waals surface area contributed by atoms with Gasteiger partial charge in [0.15, 0.2) is 0 Å². The summed E-state index contributed by atoms with van der Waals surface area (Å²) < 4.78 is 13.7. The molecule has 1 aromatic rings. The lowest BCUT2D eigenvalue weighted by molar-refractivity contribution is -0.127. The van der Waals surface area contributed by atoms with E-state index in [2.05, 4.69) is 0 Å². The summed E-state index contributed by atoms with van der Waals surface area (Å²) in [5.74, 6) is -0.997. The Hall–Kier alpha value is -1.91. The summed E-state index contributed by atoms with van der Waals surface area (Å²) >= 11 is 0. The van der Waals surface area contributed by atoms with Gasteiger partial charge in [0.05, 0.1) is 11.4 Å². The highest BCUT2D eigenvalue weighted by molar-refractivity contribution is 6.13. The zero-order chi connectivity index (χ0) is 16.8. The molecule has 1 atom stereocenters. The maximum Gasteiger partial charge on any atom is 0.250 e. The van der Waals surface area contributed by atoms with Crippen LogP contribution in [-0.2, 0) is 9.59 Å². The predicted molar refractivity (Wildman–Crippen MR) is 85.4 cm³/mol. The third-order valence-electron chi connectivity index (χ3n) is 3.81. The molecular formula is C17H23FN2O2. The lowest BCUT2D eigenvalue weighted by atomic mass is 9.97. The van der Waals surface area contributed by atoms with Crippen LogP contribution in [0.25, 0.3) is 0 Å². The molecule has 0 saturated heterocycles. The molecule has 5 heteroatoms. The van der Waals surface area contributed by atoms with Gasteiger partial charge >= 0.3 is 0 Å². The Morgan fingerprint density at radius 2 is 1.82 bits per heavy atom. The number of carbonyl (C=O) groups is 2. The Kier molecular flexibility index (Phi) is 4.02. The molecule has 1 aliphatic rings. The molecule has 0 spiro atoms. The smallest absolute Gasteiger partial charge is 0.250 e. The molecule has 0 radical (unpaired) electrons. The molecule has 120 valence electrons. The molecule has 0 N–H and O–H groups in total. The van der Waals surface area contributed by atoms with Gasteiger partial charge in [0.25, 0.3) is 0 Å². The molecule has 0 aliphatic carbocycles. The zero-order valence-corrected chi connectivity index (χ0v) is 14.0. The SMILES string of the molecule is CC(C)C(=O)N1c2ccc(F)cc2N(C(C)(C)C)C(=O)C1C. The second-order valence-electron chi connectivity index (χ2n) is 7.02. The second-order valence-corrected chi connectivity index (χ2v) is 7.02. The minimum absolute atomic E-state index is 0.137. The summed E-state index contributed by atoms with van der Waals surface area (Å²) in [6.07, 6.45) is 0. The van der Waals surface area contributed by atoms with E-state index in [1.54, 1.807) is 31.7 Å². The van der Waals surface area contributed by atoms with Gasteiger partial charge in [-0.15, -0.1) is 0 Å². The third kappa shape index (κ3) is 2.60. The topological polar surface area (TPSA) is 40.6 Å². The number of hydrogen-bond acceptors (Lipinski definition) is 2. The van der Waals surface area contributed by atoms with E-state index in [9.17, 15) is 14.0 Å². The molecule has 0 aromatic heterocycles. The van der Waals surface area contributed by atoms with E-state index in [-0.39, 0.29) is 17.7 Å². The van der Waals surface area contributed by atoms with Gasteiger partial charge in [-0.2, -0.15) is 0 Å². The van der Waals surface area contributed by atoms with Crippen molar-refractivity contribution in [2.75, 3.05) is 9.80 Å². The van der Waals surface area contributed by atoms with Crippen molar-refractivity contribution in [3.8, 4) is 0 Å². The quantitative estimate of drug-likeness (QED) is 0.798. The first-order chi connectivity index (χ1) is 10.1. The summed E-state index contributed by atoms with van der Waals surface area (Å²) in [5, 5.41) is 0. The average Bonchev–Trinajstić information content (AvgIpc) is 2.38. The maximum atomic E-state index is 13.7. The Bertz CT molecular complexity index is 620. The van der Waals surface area contributed by atoms with Crippen LogP contribution >= 0.6 is 0 Å². The van der Waals surface area contributed by atoms with Crippen LogP contribution in [0.15, 0.2) is 18.2 Å². The highest BCUT2D eigenvalue weighted by atomic mass is 19.1. The van der Waals surface area contributed by atoms with Gasteiger partial charge in [-0.3, -0.25) is 14.5 Å². The number of nitrogens with zero attached hydrogens (tertiary/aromatic N) is 2. The van der Waals surface area contributed by atoms with Gasteiger partial charge < -0.3 is 4.90 Å². The van der Waals surface area contributed by atoms with E-state index in [0.717, 1.165) is 0 Å². The van der Waals surface area contributed by atoms with Crippen molar-refractivity contribution in [1.29, 1.82) is 0 Å². The lowest BCUT2D eigenvalue weighted by Gasteiger charge is -2.46. The summed E-state index contributed by atoms with van der Waals surface area (Å²) in [6, 6.07) is 3.62. The van der Waals surface area contributed by atoms with E-state index in [4.69, 9.17) is 0 Å². The molecule has 0 saturated carbocycles. The first-order valence-electron chi connectivity index (χ1n) is 7.52. The van der Waals surface area contributed by atoms with Crippen molar-refractivity contribution >= 4 is 23.2 Å². The molecule has 2 rings (SSSR count). The highest BCUT2D eigenvalue weighted by Gasteiger charge is 2.43. The average molecular weight is 306 g/mol. The summed E-state index contributed by atoms with van der Waals surface area (Å²) in [4.78, 5) is 28.4. The Labute approximate surface area is 130 Å². The molecule has 2 amide bonds. The van der Waals surface area contributed by atoms with Crippen LogP contribution in [0.2, 0.25) is 0 Å². The van der Waals surface area contributed by atoms with Gasteiger partial charge in [0.1, 0.15) is 11.9 Å². The van der Waals surface area contributed by atoms with Crippen molar-refractivity contribution in [3.63, 3.8) is 0 Å². The minimum Gasteiger partial charge on any atom is -0.303 e. The Morgan fingerprint density at radius 1 is 1.23 bits per heavy atom. The van der Waals surface area contributed by atoms with Gasteiger partial charge in [0.2, 0.25) is 11.8 Å². The van der Waals surface area contributed by atoms with E-state index in [1.807, 2.05) is 20.8 Å². The number of carbonyl (C=O) groups excluding carboxylic acids is 2. The fourth-order valence-electron chi connectivity index (χ4n) is 2.78. The number of halogens is 1. The van der Waals surface area contributed by atoms with Crippen LogP contribution in [0.5, 0.6) is 0 Å². The largest absolute Gasteiger partial charge is 0.303 e. The van der Waals surface area contributed by atoms with Crippen LogP contribution in [0, 0.1) is 11.7 Å². The van der Waals surface area contributed by atoms with Crippen LogP contribution in [0.1, 0.15) is 41.5 Å². The number of rotatable bonds is 1. The van der Waals surface area contributed by atoms with Crippen LogP contribution in [0.4, 0.5) is 15.8 Å². The molecule has 22 heavy (non-hydrogen) atoms. The third-order valence-corrected chi connectivity index (χ3v) is 3.81. The number of amides is 2. The molecule has 0 fully saturated rings. The van der Waals surface area contributed by atoms with Crippen molar-refractivity contribution < 1.29 is 14.0 Å². The minimum atomic E-state index is -0.605. The Morgan fingerprint density at radius 3 is 2.32 bits per heavy atom. The normalized spacial score (nSPS) is 18.7. The number of anilines is 2. The number of benzene rings is 1. The van der Waals surface area contributed by atoms with E-state index in [1.165, 1.54) is 17.0 Å². The predicted octanol–water partition coefficient (Wildman–Crippen LogP) is 3.35. The molecule has 1 aromatic carbocycles. The fraction of sp³-hybridized carbons (Fsp3) is 0.529. The van der Waals surface area contributed by atoms with Gasteiger partial charge in [-0.25, -0.2) is 4.39 Å². The molecule has 1 heterocycles. The molecule has 0 bridgehead atoms. The van der Waals surface area contributed by atoms with E-state index < -0.39 is 17.4 Å². The first-order valence-corrected chi connectivity index (χ1v) is 7.52. The van der Waals surface area contributed by atoms with E-state index >= 15 is 0 Å². The first kappa shape index (κ1) is 16.5. The maximum absolute atomic E-state index is 13.7. The van der Waals surface area contributed by atoms with Gasteiger partial charge in [0, 0.05) is 11.5 Å². The molecule has 1 unspecified atom stereocenters. The summed E-state index contributed by atoms with van der Waals surface area (Å²) in [5.41, 5.74) is 0.535. The van der Waals surface area contributed by atoms with Crippen LogP contribution in [-0.4, -0.2) is 23.4 Å². The molecule has 1 aliphatic heterocycles. The van der Waals surface area contributed by atoms with Gasteiger partial charge in [-0.1, -0.05) is 13.8 Å². The monoisotopic (exact) mass is 306 g/mol. The van der Waals surface area contributed by atoms with Crippen molar-refractivity contribution in [2.45, 2.75) is 53.1 Å². The fourth-order valence-corrected chi connectivity index (χ4v) is 2.78. The van der Waals surface area contributed by atoms with Crippen LogP contribution in [0.3, 0.4) is 0 Å². The summed E-state index contributed by atoms with van der Waals surface area (Å²) in [7, 11) is 0. The van der Waals surface area contributed by atoms with E-state index in [0.29, 0.717) is 11.4 Å². The van der Waals surface area contributed by atoms with Crippen molar-refractivity contribution in [2.24, 2.45) is 5.92 Å². The zero-order valence-electron chi connectivity index (χ0n) is 14.0. The van der Waals surface area contributed by atoms with Crippen LogP contribution < -0.4 is 9.80 Å². The van der Waals surface area contributed by atoms with Gasteiger partial charge in [-0.05, 0) is 45.9 Å². The number of hydrogen-bond donors (Lipinski definition) is 0. The lowest BCUT2D eigenvalue weighted by Crippen LogP contribution is -2.60. The van der Waals surface area contributed by atoms with Crippen molar-refractivity contribution in [3.05, 3.63) is 24.0 Å². The number of fused-ring (bicyclic) bond motifs is 1. The standard InChI is InChI=1S/C17H23FN2O2/c1-10(2)15(21)19-11(3)16(22)20(17(4,5)6)14-9-12(18)7-8-13(14)19/h7-11H,1-6H3. The van der Waals surface area contributed by atoms with Crippen molar-refractivity contribution in [1.82, 2.24) is 0 Å². The Balaban J connectivity index is 2.69. The highest BCUT2D eigenvalue weighted by Crippen LogP contribution is 2.40. The molecule has 4 nitrogen and oxygen atoms in total.